The van der Waals surface area contributed by atoms with Crippen molar-refractivity contribution in [2.24, 2.45) is 0 Å². The van der Waals surface area contributed by atoms with E-state index in [0.29, 0.717) is 13.0 Å². The van der Waals surface area contributed by atoms with Crippen LogP contribution in [0, 0.1) is 0 Å². The molecule has 1 amide bonds. The van der Waals surface area contributed by atoms with E-state index in [4.69, 9.17) is 4.74 Å². The smallest absolute Gasteiger partial charge is 0.240 e. The van der Waals surface area contributed by atoms with Gasteiger partial charge in [0, 0.05) is 19.6 Å². The third-order valence-corrected chi connectivity index (χ3v) is 5.10. The Hall–Kier alpha value is -1.44. The van der Waals surface area contributed by atoms with Gasteiger partial charge in [-0.3, -0.25) is 4.79 Å². The fourth-order valence-electron chi connectivity index (χ4n) is 2.39. The molecule has 2 N–H and O–H groups in total. The summed E-state index contributed by atoms with van der Waals surface area (Å²) in [5, 5.41) is 2.81. The van der Waals surface area contributed by atoms with Crippen LogP contribution in [0.15, 0.2) is 29.2 Å². The molecule has 1 saturated heterocycles. The maximum absolute atomic E-state index is 11.8. The summed E-state index contributed by atoms with van der Waals surface area (Å²) in [6.07, 6.45) is 3.46. The Balaban J connectivity index is 1.83. The van der Waals surface area contributed by atoms with Gasteiger partial charge in [0.15, 0.2) is 0 Å². The number of rotatable bonds is 7. The van der Waals surface area contributed by atoms with Gasteiger partial charge in [0.1, 0.15) is 0 Å². The van der Waals surface area contributed by atoms with Crippen molar-refractivity contribution in [3.63, 3.8) is 0 Å². The monoisotopic (exact) mass is 326 g/mol. The second kappa shape index (κ2) is 7.71. The van der Waals surface area contributed by atoms with Crippen LogP contribution >= 0.6 is 0 Å². The molecule has 6 nitrogen and oxygen atoms in total. The summed E-state index contributed by atoms with van der Waals surface area (Å²) in [5.74, 6) is -0.0441. The van der Waals surface area contributed by atoms with Crippen molar-refractivity contribution in [1.29, 1.82) is 0 Å². The molecular weight excluding hydrogens is 304 g/mol. The van der Waals surface area contributed by atoms with E-state index in [0.717, 1.165) is 31.4 Å². The molecule has 0 spiro atoms. The van der Waals surface area contributed by atoms with Crippen LogP contribution in [0.25, 0.3) is 0 Å². The van der Waals surface area contributed by atoms with Crippen LogP contribution in [0.3, 0.4) is 0 Å². The van der Waals surface area contributed by atoms with Gasteiger partial charge in [0.05, 0.1) is 11.0 Å². The zero-order valence-electron chi connectivity index (χ0n) is 12.7. The second-order valence-electron chi connectivity index (χ2n) is 5.31. The first-order chi connectivity index (χ1) is 10.5. The van der Waals surface area contributed by atoms with E-state index in [1.54, 1.807) is 18.2 Å². The molecule has 0 bridgehead atoms. The highest BCUT2D eigenvalue weighted by atomic mass is 32.2. The van der Waals surface area contributed by atoms with Crippen LogP contribution in [-0.2, 0) is 26.1 Å². The highest BCUT2D eigenvalue weighted by Crippen LogP contribution is 2.16. The molecule has 122 valence electrons. The van der Waals surface area contributed by atoms with Gasteiger partial charge >= 0.3 is 0 Å². The topological polar surface area (TPSA) is 84.5 Å². The predicted molar refractivity (Wildman–Crippen MR) is 82.7 cm³/mol. The van der Waals surface area contributed by atoms with E-state index in [-0.39, 0.29) is 16.9 Å². The van der Waals surface area contributed by atoms with Gasteiger partial charge in [-0.1, -0.05) is 12.1 Å². The van der Waals surface area contributed by atoms with E-state index < -0.39 is 10.0 Å². The Kier molecular flexibility index (Phi) is 5.93. The molecule has 0 saturated carbocycles. The predicted octanol–water partition coefficient (Wildman–Crippen LogP) is 1.17. The maximum atomic E-state index is 11.8. The quantitative estimate of drug-likeness (QED) is 0.788. The molecule has 1 aromatic rings. The molecule has 22 heavy (non-hydrogen) atoms. The molecule has 2 rings (SSSR count). The number of carbonyl (C=O) groups excluding carboxylic acids is 1. The Morgan fingerprint density at radius 2 is 2.23 bits per heavy atom. The first kappa shape index (κ1) is 16.9. The van der Waals surface area contributed by atoms with E-state index >= 15 is 0 Å². The highest BCUT2D eigenvalue weighted by molar-refractivity contribution is 7.89. The third-order valence-electron chi connectivity index (χ3n) is 3.68. The minimum atomic E-state index is -3.46. The van der Waals surface area contributed by atoms with Crippen molar-refractivity contribution in [1.82, 2.24) is 10.0 Å². The van der Waals surface area contributed by atoms with Gasteiger partial charge in [-0.15, -0.1) is 0 Å². The molecule has 0 radical (unpaired) electrons. The Morgan fingerprint density at radius 3 is 2.91 bits per heavy atom. The number of benzene rings is 1. The lowest BCUT2D eigenvalue weighted by Crippen LogP contribution is -2.24. The molecule has 1 aromatic carbocycles. The van der Waals surface area contributed by atoms with Crippen molar-refractivity contribution >= 4 is 15.9 Å². The minimum absolute atomic E-state index is 0.0441. The molecular formula is C15H22N2O4S. The fraction of sp³-hybridized carbons (Fsp3) is 0.533. The summed E-state index contributed by atoms with van der Waals surface area (Å²) in [5.41, 5.74) is 0.752. The van der Waals surface area contributed by atoms with Crippen LogP contribution in [-0.4, -0.2) is 34.1 Å². The molecule has 0 aliphatic carbocycles. The standard InChI is InChI=1S/C15H22N2O4S/c1-16-22(19,20)14-6-2-4-12(10-14)11-17-15(18)8-7-13-5-3-9-21-13/h2,4,6,10,13,16H,3,5,7-9,11H2,1H3,(H,17,18)/t13-/m0/s1. The van der Waals surface area contributed by atoms with Crippen molar-refractivity contribution in [2.45, 2.75) is 43.2 Å². The van der Waals surface area contributed by atoms with Gasteiger partial charge in [0.25, 0.3) is 0 Å². The van der Waals surface area contributed by atoms with Crippen molar-refractivity contribution in [2.75, 3.05) is 13.7 Å². The fourth-order valence-corrected chi connectivity index (χ4v) is 3.19. The first-order valence-corrected chi connectivity index (χ1v) is 8.90. The average molecular weight is 326 g/mol. The number of carbonyl (C=O) groups is 1. The number of hydrogen-bond acceptors (Lipinski definition) is 4. The third kappa shape index (κ3) is 4.79. The molecule has 1 aliphatic heterocycles. The molecule has 1 fully saturated rings. The lowest BCUT2D eigenvalue weighted by atomic mass is 10.1. The molecule has 1 atom stereocenters. The molecule has 0 aromatic heterocycles. The summed E-state index contributed by atoms with van der Waals surface area (Å²) in [4.78, 5) is 12.0. The lowest BCUT2D eigenvalue weighted by Gasteiger charge is -2.10. The van der Waals surface area contributed by atoms with Gasteiger partial charge in [-0.05, 0) is 44.0 Å². The van der Waals surface area contributed by atoms with Crippen molar-refractivity contribution in [3.8, 4) is 0 Å². The average Bonchev–Trinajstić information content (AvgIpc) is 3.04. The van der Waals surface area contributed by atoms with E-state index in [2.05, 4.69) is 10.0 Å². The second-order valence-corrected chi connectivity index (χ2v) is 7.19. The zero-order valence-corrected chi connectivity index (χ0v) is 13.5. The summed E-state index contributed by atoms with van der Waals surface area (Å²) in [7, 11) is -2.09. The highest BCUT2D eigenvalue weighted by Gasteiger charge is 2.16. The van der Waals surface area contributed by atoms with Crippen LogP contribution < -0.4 is 10.0 Å². The van der Waals surface area contributed by atoms with Crippen LogP contribution in [0.1, 0.15) is 31.2 Å². The van der Waals surface area contributed by atoms with Crippen molar-refractivity contribution < 1.29 is 17.9 Å². The van der Waals surface area contributed by atoms with Gasteiger partial charge < -0.3 is 10.1 Å². The normalized spacial score (nSPS) is 18.3. The number of hydrogen-bond donors (Lipinski definition) is 2. The van der Waals surface area contributed by atoms with Crippen LogP contribution in [0.5, 0.6) is 0 Å². The lowest BCUT2D eigenvalue weighted by molar-refractivity contribution is -0.121. The first-order valence-electron chi connectivity index (χ1n) is 7.42. The summed E-state index contributed by atoms with van der Waals surface area (Å²) < 4.78 is 31.2. The molecule has 0 unspecified atom stereocenters. The number of amides is 1. The largest absolute Gasteiger partial charge is 0.378 e. The number of sulfonamides is 1. The summed E-state index contributed by atoms with van der Waals surface area (Å²) >= 11 is 0. The van der Waals surface area contributed by atoms with E-state index in [1.807, 2.05) is 0 Å². The molecule has 7 heteroatoms. The maximum Gasteiger partial charge on any atom is 0.240 e. The van der Waals surface area contributed by atoms with Crippen molar-refractivity contribution in [3.05, 3.63) is 29.8 Å². The Labute approximate surface area is 131 Å². The van der Waals surface area contributed by atoms with Crippen LogP contribution in [0.4, 0.5) is 0 Å². The number of ether oxygens (including phenoxy) is 1. The SMILES string of the molecule is CNS(=O)(=O)c1cccc(CNC(=O)CC[C@@H]2CCCO2)c1. The Bertz CT molecular complexity index is 610. The number of nitrogens with one attached hydrogen (secondary N) is 2. The van der Waals surface area contributed by atoms with Crippen LogP contribution in [0.2, 0.25) is 0 Å². The van der Waals surface area contributed by atoms with Gasteiger partial charge in [0.2, 0.25) is 15.9 Å². The molecule has 1 aliphatic rings. The zero-order chi connectivity index (χ0) is 16.0. The Morgan fingerprint density at radius 1 is 1.41 bits per heavy atom. The minimum Gasteiger partial charge on any atom is -0.378 e. The van der Waals surface area contributed by atoms with E-state index in [1.165, 1.54) is 13.1 Å². The summed E-state index contributed by atoms with van der Waals surface area (Å²) in [6, 6.07) is 6.54. The summed E-state index contributed by atoms with van der Waals surface area (Å²) in [6.45, 7) is 1.11. The van der Waals surface area contributed by atoms with Gasteiger partial charge in [-0.2, -0.15) is 0 Å². The molecule has 1 heterocycles. The van der Waals surface area contributed by atoms with E-state index in [9.17, 15) is 13.2 Å². The van der Waals surface area contributed by atoms with Gasteiger partial charge in [-0.25, -0.2) is 13.1 Å².